The number of nitrogens with two attached hydrogens (primary N) is 1. The Morgan fingerprint density at radius 2 is 1.89 bits per heavy atom. The predicted octanol–water partition coefficient (Wildman–Crippen LogP) is 3.94. The highest BCUT2D eigenvalue weighted by Gasteiger charge is 2.06. The number of anilines is 3. The van der Waals surface area contributed by atoms with E-state index in [4.69, 9.17) is 10.5 Å². The number of nitrogen functional groups attached to an aromatic ring is 1. The van der Waals surface area contributed by atoms with Crippen LogP contribution in [0, 0.1) is 5.82 Å². The van der Waals surface area contributed by atoms with Crippen molar-refractivity contribution in [3.05, 3.63) is 48.3 Å². The summed E-state index contributed by atoms with van der Waals surface area (Å²) in [6.45, 7) is 2.67. The summed E-state index contributed by atoms with van der Waals surface area (Å²) in [4.78, 5) is 0. The van der Waals surface area contributed by atoms with Gasteiger partial charge in [-0.25, -0.2) is 4.39 Å². The summed E-state index contributed by atoms with van der Waals surface area (Å²) in [5, 5.41) is 3.14. The SMILES string of the molecule is CCCOc1cccc(Nc2ccc(F)cc2)c1N. The van der Waals surface area contributed by atoms with Crippen molar-refractivity contribution in [3.8, 4) is 5.75 Å². The molecule has 0 amide bonds. The first kappa shape index (κ1) is 13.2. The van der Waals surface area contributed by atoms with E-state index in [1.807, 2.05) is 25.1 Å². The van der Waals surface area contributed by atoms with Gasteiger partial charge < -0.3 is 15.8 Å². The van der Waals surface area contributed by atoms with Gasteiger partial charge in [0, 0.05) is 5.69 Å². The van der Waals surface area contributed by atoms with Crippen LogP contribution in [-0.4, -0.2) is 6.61 Å². The molecular weight excluding hydrogens is 243 g/mol. The fraction of sp³-hybridized carbons (Fsp3) is 0.200. The summed E-state index contributed by atoms with van der Waals surface area (Å²) < 4.78 is 18.4. The molecule has 0 aliphatic rings. The predicted molar refractivity (Wildman–Crippen MR) is 76.3 cm³/mol. The number of para-hydroxylation sites is 1. The lowest BCUT2D eigenvalue weighted by molar-refractivity contribution is 0.319. The Balaban J connectivity index is 2.18. The van der Waals surface area contributed by atoms with E-state index >= 15 is 0 Å². The van der Waals surface area contributed by atoms with Crippen molar-refractivity contribution in [2.24, 2.45) is 0 Å². The summed E-state index contributed by atoms with van der Waals surface area (Å²) in [6, 6.07) is 11.7. The third-order valence-electron chi connectivity index (χ3n) is 2.65. The number of nitrogens with one attached hydrogen (secondary N) is 1. The van der Waals surface area contributed by atoms with Gasteiger partial charge in [-0.3, -0.25) is 0 Å². The van der Waals surface area contributed by atoms with Crippen molar-refractivity contribution in [1.82, 2.24) is 0 Å². The largest absolute Gasteiger partial charge is 0.491 e. The van der Waals surface area contributed by atoms with E-state index in [0.717, 1.165) is 17.8 Å². The van der Waals surface area contributed by atoms with Gasteiger partial charge in [0.25, 0.3) is 0 Å². The van der Waals surface area contributed by atoms with Crippen LogP contribution in [0.5, 0.6) is 5.75 Å². The Morgan fingerprint density at radius 1 is 1.16 bits per heavy atom. The van der Waals surface area contributed by atoms with Crippen molar-refractivity contribution in [3.63, 3.8) is 0 Å². The van der Waals surface area contributed by atoms with Crippen molar-refractivity contribution in [2.45, 2.75) is 13.3 Å². The highest BCUT2D eigenvalue weighted by Crippen LogP contribution is 2.31. The number of benzene rings is 2. The molecule has 2 rings (SSSR count). The maximum Gasteiger partial charge on any atom is 0.144 e. The zero-order valence-corrected chi connectivity index (χ0v) is 10.8. The van der Waals surface area contributed by atoms with E-state index in [1.165, 1.54) is 12.1 Å². The van der Waals surface area contributed by atoms with Crippen LogP contribution in [0.2, 0.25) is 0 Å². The monoisotopic (exact) mass is 260 g/mol. The van der Waals surface area contributed by atoms with Gasteiger partial charge in [-0.05, 0) is 42.8 Å². The maximum absolute atomic E-state index is 12.8. The number of halogens is 1. The van der Waals surface area contributed by atoms with E-state index in [1.54, 1.807) is 12.1 Å². The number of hydrogen-bond acceptors (Lipinski definition) is 3. The lowest BCUT2D eigenvalue weighted by atomic mass is 10.2. The molecule has 0 fully saturated rings. The van der Waals surface area contributed by atoms with Crippen LogP contribution < -0.4 is 15.8 Å². The summed E-state index contributed by atoms with van der Waals surface area (Å²) in [5.41, 5.74) is 8.12. The van der Waals surface area contributed by atoms with Gasteiger partial charge in [-0.1, -0.05) is 13.0 Å². The van der Waals surface area contributed by atoms with Gasteiger partial charge in [-0.15, -0.1) is 0 Å². The van der Waals surface area contributed by atoms with Gasteiger partial charge in [-0.2, -0.15) is 0 Å². The van der Waals surface area contributed by atoms with E-state index in [0.29, 0.717) is 18.0 Å². The smallest absolute Gasteiger partial charge is 0.144 e. The first-order valence-corrected chi connectivity index (χ1v) is 6.24. The fourth-order valence-electron chi connectivity index (χ4n) is 1.68. The molecule has 3 N–H and O–H groups in total. The molecule has 0 bridgehead atoms. The van der Waals surface area contributed by atoms with Gasteiger partial charge in [0.1, 0.15) is 11.6 Å². The van der Waals surface area contributed by atoms with Crippen molar-refractivity contribution in [2.75, 3.05) is 17.7 Å². The minimum atomic E-state index is -0.265. The Kier molecular flexibility index (Phi) is 4.23. The summed E-state index contributed by atoms with van der Waals surface area (Å²) in [6.07, 6.45) is 0.926. The highest BCUT2D eigenvalue weighted by atomic mass is 19.1. The molecule has 0 saturated heterocycles. The standard InChI is InChI=1S/C15H17FN2O/c1-2-10-19-14-5-3-4-13(15(14)17)18-12-8-6-11(16)7-9-12/h3-9,18H,2,10,17H2,1H3. The van der Waals surface area contributed by atoms with Gasteiger partial charge in [0.15, 0.2) is 0 Å². The molecule has 4 heteroatoms. The summed E-state index contributed by atoms with van der Waals surface area (Å²) in [5.74, 6) is 0.396. The molecule has 0 radical (unpaired) electrons. The van der Waals surface area contributed by atoms with Crippen LogP contribution >= 0.6 is 0 Å². The van der Waals surface area contributed by atoms with Crippen LogP contribution in [0.3, 0.4) is 0 Å². The quantitative estimate of drug-likeness (QED) is 0.800. The van der Waals surface area contributed by atoms with Gasteiger partial charge in [0.2, 0.25) is 0 Å². The first-order chi connectivity index (χ1) is 9.20. The van der Waals surface area contributed by atoms with E-state index in [9.17, 15) is 4.39 Å². The normalized spacial score (nSPS) is 10.2. The first-order valence-electron chi connectivity index (χ1n) is 6.24. The Bertz CT molecular complexity index is 540. The third kappa shape index (κ3) is 3.37. The van der Waals surface area contributed by atoms with Crippen LogP contribution in [0.15, 0.2) is 42.5 Å². The second kappa shape index (κ2) is 6.09. The average Bonchev–Trinajstić information content (AvgIpc) is 2.42. The Labute approximate surface area is 112 Å². The lowest BCUT2D eigenvalue weighted by Crippen LogP contribution is -2.02. The minimum Gasteiger partial charge on any atom is -0.491 e. The molecule has 100 valence electrons. The minimum absolute atomic E-state index is 0.265. The molecule has 0 aromatic heterocycles. The van der Waals surface area contributed by atoms with E-state index in [2.05, 4.69) is 5.32 Å². The molecule has 0 atom stereocenters. The zero-order chi connectivity index (χ0) is 13.7. The Morgan fingerprint density at radius 3 is 2.58 bits per heavy atom. The molecule has 19 heavy (non-hydrogen) atoms. The van der Waals surface area contributed by atoms with Crippen molar-refractivity contribution in [1.29, 1.82) is 0 Å². The molecule has 0 aliphatic heterocycles. The zero-order valence-electron chi connectivity index (χ0n) is 10.8. The van der Waals surface area contributed by atoms with Crippen LogP contribution in [-0.2, 0) is 0 Å². The molecule has 2 aromatic carbocycles. The fourth-order valence-corrected chi connectivity index (χ4v) is 1.68. The summed E-state index contributed by atoms with van der Waals surface area (Å²) >= 11 is 0. The molecule has 2 aromatic rings. The van der Waals surface area contributed by atoms with Crippen LogP contribution in [0.1, 0.15) is 13.3 Å². The second-order valence-electron chi connectivity index (χ2n) is 4.20. The van der Waals surface area contributed by atoms with Gasteiger partial charge in [0.05, 0.1) is 18.0 Å². The molecule has 0 aliphatic carbocycles. The topological polar surface area (TPSA) is 47.3 Å². The highest BCUT2D eigenvalue weighted by molar-refractivity contribution is 5.77. The second-order valence-corrected chi connectivity index (χ2v) is 4.20. The summed E-state index contributed by atoms with van der Waals surface area (Å²) in [7, 11) is 0. The van der Waals surface area contributed by atoms with Gasteiger partial charge >= 0.3 is 0 Å². The van der Waals surface area contributed by atoms with Crippen molar-refractivity contribution < 1.29 is 9.13 Å². The molecule has 0 unspecified atom stereocenters. The molecule has 0 saturated carbocycles. The number of hydrogen-bond donors (Lipinski definition) is 2. The lowest BCUT2D eigenvalue weighted by Gasteiger charge is -2.13. The average molecular weight is 260 g/mol. The number of rotatable bonds is 5. The molecule has 3 nitrogen and oxygen atoms in total. The van der Waals surface area contributed by atoms with Crippen molar-refractivity contribution >= 4 is 17.1 Å². The van der Waals surface area contributed by atoms with E-state index in [-0.39, 0.29) is 5.82 Å². The molecule has 0 heterocycles. The van der Waals surface area contributed by atoms with Crippen LogP contribution in [0.25, 0.3) is 0 Å². The third-order valence-corrected chi connectivity index (χ3v) is 2.65. The molecule has 0 spiro atoms. The number of ether oxygens (including phenoxy) is 1. The van der Waals surface area contributed by atoms with E-state index < -0.39 is 0 Å². The Hall–Kier alpha value is -2.23. The molecular formula is C15H17FN2O. The maximum atomic E-state index is 12.8. The van der Waals surface area contributed by atoms with Crippen LogP contribution in [0.4, 0.5) is 21.5 Å².